The number of hydrazone groups is 1. The van der Waals surface area contributed by atoms with Crippen molar-refractivity contribution in [3.63, 3.8) is 0 Å². The van der Waals surface area contributed by atoms with Crippen molar-refractivity contribution >= 4 is 49.7 Å². The highest BCUT2D eigenvalue weighted by Gasteiger charge is 2.27. The molecule has 0 atom stereocenters. The molecule has 0 fully saturated rings. The lowest BCUT2D eigenvalue weighted by molar-refractivity contribution is -0.121. The highest BCUT2D eigenvalue weighted by Crippen LogP contribution is 2.23. The molecule has 4 rings (SSSR count). The van der Waals surface area contributed by atoms with Gasteiger partial charge in [-0.2, -0.15) is 9.41 Å². The fraction of sp³-hybridized carbons (Fsp3) is 0.129. The summed E-state index contributed by atoms with van der Waals surface area (Å²) in [7, 11) is -2.45. The quantitative estimate of drug-likeness (QED) is 0.156. The number of benzene rings is 4. The van der Waals surface area contributed by atoms with Crippen LogP contribution in [0.4, 0.5) is 5.69 Å². The molecule has 4 aromatic rings. The van der Waals surface area contributed by atoms with Gasteiger partial charge in [0, 0.05) is 11.0 Å². The molecule has 0 aliphatic rings. The van der Waals surface area contributed by atoms with E-state index in [-0.39, 0.29) is 24.0 Å². The molecule has 0 spiro atoms. The molecule has 43 heavy (non-hydrogen) atoms. The minimum absolute atomic E-state index is 0.00868. The summed E-state index contributed by atoms with van der Waals surface area (Å²) in [5, 5.41) is 6.70. The molecule has 2 amide bonds. The van der Waals surface area contributed by atoms with Crippen LogP contribution in [-0.2, 0) is 26.2 Å². The summed E-state index contributed by atoms with van der Waals surface area (Å²) in [4.78, 5) is 25.1. The molecule has 0 aliphatic heterocycles. The lowest BCUT2D eigenvalue weighted by atomic mass is 10.2. The van der Waals surface area contributed by atoms with Gasteiger partial charge in [-0.3, -0.25) is 9.59 Å². The number of halogens is 1. The third-order valence-electron chi connectivity index (χ3n) is 6.01. The predicted octanol–water partition coefficient (Wildman–Crippen LogP) is 4.82. The third-order valence-corrected chi connectivity index (χ3v) is 8.34. The Hall–Kier alpha value is -4.52. The van der Waals surface area contributed by atoms with Gasteiger partial charge in [0.05, 0.1) is 30.5 Å². The van der Waals surface area contributed by atoms with Crippen molar-refractivity contribution in [1.82, 2.24) is 9.73 Å². The van der Waals surface area contributed by atoms with Gasteiger partial charge in [0.25, 0.3) is 11.8 Å². The number of hydrogen-bond donors (Lipinski definition) is 2. The second-order valence-corrected chi connectivity index (χ2v) is 12.0. The molecule has 2 N–H and O–H groups in total. The van der Waals surface area contributed by atoms with Gasteiger partial charge in [-0.25, -0.2) is 13.8 Å². The normalized spacial score (nSPS) is 11.3. The summed E-state index contributed by atoms with van der Waals surface area (Å²) in [6, 6.07) is 29.0. The van der Waals surface area contributed by atoms with Crippen LogP contribution in [0.2, 0.25) is 0 Å². The van der Waals surface area contributed by atoms with E-state index in [4.69, 9.17) is 9.47 Å². The number of methoxy groups -OCH3 is 1. The number of carbonyl (C=O) groups excluding carboxylic acids is 2. The van der Waals surface area contributed by atoms with Gasteiger partial charge in [-0.05, 0) is 71.8 Å². The first-order valence-corrected chi connectivity index (χ1v) is 15.2. The van der Waals surface area contributed by atoms with Crippen molar-refractivity contribution in [2.24, 2.45) is 5.10 Å². The molecule has 0 saturated heterocycles. The number of rotatable bonds is 13. The number of nitrogens with one attached hydrogen (secondary N) is 2. The number of nitrogens with zero attached hydrogens (tertiary/aromatic N) is 2. The summed E-state index contributed by atoms with van der Waals surface area (Å²) in [5.74, 6) is 0.0583. The molecular formula is C31H29BrN4O6S. The molecule has 0 bridgehead atoms. The predicted molar refractivity (Wildman–Crippen MR) is 167 cm³/mol. The number of para-hydroxylation sites is 2. The topological polar surface area (TPSA) is 126 Å². The van der Waals surface area contributed by atoms with Crippen LogP contribution in [0, 0.1) is 0 Å². The minimum atomic E-state index is -3.97. The molecule has 222 valence electrons. The van der Waals surface area contributed by atoms with E-state index in [0.717, 1.165) is 14.3 Å². The monoisotopic (exact) mass is 664 g/mol. The Labute approximate surface area is 258 Å². The van der Waals surface area contributed by atoms with Crippen LogP contribution in [0.5, 0.6) is 11.5 Å². The molecule has 0 unspecified atom stereocenters. The lowest BCUT2D eigenvalue weighted by Crippen LogP contribution is -2.39. The van der Waals surface area contributed by atoms with Gasteiger partial charge < -0.3 is 14.8 Å². The Morgan fingerprint density at radius 3 is 2.26 bits per heavy atom. The van der Waals surface area contributed by atoms with E-state index in [1.165, 1.54) is 25.5 Å². The number of amides is 2. The van der Waals surface area contributed by atoms with Crippen molar-refractivity contribution < 1.29 is 27.5 Å². The van der Waals surface area contributed by atoms with Crippen molar-refractivity contribution in [3.05, 3.63) is 119 Å². The van der Waals surface area contributed by atoms with Crippen molar-refractivity contribution in [2.45, 2.75) is 11.4 Å². The van der Waals surface area contributed by atoms with Crippen LogP contribution in [0.1, 0.15) is 11.1 Å². The van der Waals surface area contributed by atoms with Crippen LogP contribution in [0.15, 0.2) is 118 Å². The molecule has 0 saturated carbocycles. The zero-order valence-electron chi connectivity index (χ0n) is 23.1. The van der Waals surface area contributed by atoms with E-state index in [1.807, 2.05) is 6.07 Å². The van der Waals surface area contributed by atoms with Crippen molar-refractivity contribution in [1.29, 1.82) is 0 Å². The minimum Gasteiger partial charge on any atom is -0.495 e. The van der Waals surface area contributed by atoms with Crippen LogP contribution >= 0.6 is 15.9 Å². The first-order chi connectivity index (χ1) is 20.7. The van der Waals surface area contributed by atoms with Gasteiger partial charge in [0.2, 0.25) is 10.0 Å². The van der Waals surface area contributed by atoms with E-state index in [9.17, 15) is 18.0 Å². The first kappa shape index (κ1) is 31.4. The van der Waals surface area contributed by atoms with Gasteiger partial charge in [0.15, 0.2) is 6.61 Å². The maximum Gasteiger partial charge on any atom is 0.262 e. The third kappa shape index (κ3) is 9.23. The number of sulfonamides is 1. The van der Waals surface area contributed by atoms with Crippen LogP contribution < -0.4 is 20.2 Å². The van der Waals surface area contributed by atoms with Crippen LogP contribution in [-0.4, -0.2) is 51.0 Å². The van der Waals surface area contributed by atoms with Gasteiger partial charge in [-0.1, -0.05) is 58.4 Å². The number of carbonyl (C=O) groups is 2. The Morgan fingerprint density at radius 2 is 1.56 bits per heavy atom. The smallest absolute Gasteiger partial charge is 0.262 e. The Morgan fingerprint density at radius 1 is 0.884 bits per heavy atom. The van der Waals surface area contributed by atoms with Crippen molar-refractivity contribution in [2.75, 3.05) is 25.6 Å². The van der Waals surface area contributed by atoms with Crippen LogP contribution in [0.25, 0.3) is 0 Å². The summed E-state index contributed by atoms with van der Waals surface area (Å²) < 4.78 is 39.4. The SMILES string of the molecule is COc1ccccc1NC(=O)COc1ccc(/C=N/NC(=O)CN(Cc2ccccc2)S(=O)(=O)c2ccc(Br)cc2)cc1. The number of ether oxygens (including phenoxy) is 2. The van der Waals surface area contributed by atoms with E-state index < -0.39 is 22.5 Å². The largest absolute Gasteiger partial charge is 0.495 e. The zero-order chi connectivity index (χ0) is 30.7. The second kappa shape index (κ2) is 15.1. The molecule has 0 heterocycles. The van der Waals surface area contributed by atoms with E-state index in [1.54, 1.807) is 84.9 Å². The lowest BCUT2D eigenvalue weighted by Gasteiger charge is -2.21. The maximum absolute atomic E-state index is 13.4. The molecule has 0 aliphatic carbocycles. The molecular weight excluding hydrogens is 636 g/mol. The molecule has 4 aromatic carbocycles. The zero-order valence-corrected chi connectivity index (χ0v) is 25.5. The van der Waals surface area contributed by atoms with Gasteiger partial charge in [0.1, 0.15) is 11.5 Å². The second-order valence-electron chi connectivity index (χ2n) is 9.11. The summed E-state index contributed by atoms with van der Waals surface area (Å²) in [6.07, 6.45) is 1.42. The molecule has 0 aromatic heterocycles. The fourth-order valence-corrected chi connectivity index (χ4v) is 5.52. The van der Waals surface area contributed by atoms with Crippen molar-refractivity contribution in [3.8, 4) is 11.5 Å². The summed E-state index contributed by atoms with van der Waals surface area (Å²) in [5.41, 5.74) is 4.32. The number of anilines is 1. The maximum atomic E-state index is 13.4. The highest BCUT2D eigenvalue weighted by atomic mass is 79.9. The van der Waals surface area contributed by atoms with E-state index in [0.29, 0.717) is 22.7 Å². The Balaban J connectivity index is 1.32. The number of hydrogen-bond acceptors (Lipinski definition) is 7. The Bertz CT molecular complexity index is 1670. The van der Waals surface area contributed by atoms with E-state index >= 15 is 0 Å². The summed E-state index contributed by atoms with van der Waals surface area (Å²) in [6.45, 7) is -0.632. The molecule has 0 radical (unpaired) electrons. The Kier molecular flexibility index (Phi) is 11.0. The molecule has 10 nitrogen and oxygen atoms in total. The molecule has 12 heteroatoms. The van der Waals surface area contributed by atoms with Crippen LogP contribution in [0.3, 0.4) is 0 Å². The summed E-state index contributed by atoms with van der Waals surface area (Å²) >= 11 is 3.31. The fourth-order valence-electron chi connectivity index (χ4n) is 3.88. The standard InChI is InChI=1S/C31H29BrN4O6S/c1-41-29-10-6-5-9-28(29)34-31(38)22-42-26-15-11-23(12-16-26)19-33-35-30(37)21-36(20-24-7-3-2-4-8-24)43(39,40)27-17-13-25(32)14-18-27/h2-19H,20-22H2,1H3,(H,34,38)(H,35,37)/b33-19+. The first-order valence-electron chi connectivity index (χ1n) is 13.0. The average molecular weight is 666 g/mol. The average Bonchev–Trinajstić information content (AvgIpc) is 3.01. The highest BCUT2D eigenvalue weighted by molar-refractivity contribution is 9.10. The van der Waals surface area contributed by atoms with E-state index in [2.05, 4.69) is 31.8 Å². The van der Waals surface area contributed by atoms with Gasteiger partial charge >= 0.3 is 0 Å². The van der Waals surface area contributed by atoms with Gasteiger partial charge in [-0.15, -0.1) is 0 Å².